The lowest BCUT2D eigenvalue weighted by molar-refractivity contribution is 0.0681. The molecule has 0 unspecified atom stereocenters. The van der Waals surface area contributed by atoms with E-state index in [1.165, 1.54) is 96.4 Å². The van der Waals surface area contributed by atoms with Crippen molar-refractivity contribution in [3.05, 3.63) is 0 Å². The number of piperidine rings is 4. The summed E-state index contributed by atoms with van der Waals surface area (Å²) in [6, 6.07) is 1.86. The molecule has 0 atom stereocenters. The normalized spacial score (nSPS) is 24.5. The first-order chi connectivity index (χ1) is 32.7. The van der Waals surface area contributed by atoms with Crippen molar-refractivity contribution in [3.8, 4) is 0 Å². The van der Waals surface area contributed by atoms with Gasteiger partial charge >= 0.3 is 0 Å². The molecule has 71 heavy (non-hydrogen) atoms. The van der Waals surface area contributed by atoms with E-state index in [1.54, 1.807) is 0 Å². The molecule has 12 heteroatoms. The predicted octanol–water partition coefficient (Wildman–Crippen LogP) is 11.3. The summed E-state index contributed by atoms with van der Waals surface area (Å²) in [4.78, 5) is 18.6. The summed E-state index contributed by atoms with van der Waals surface area (Å²) >= 11 is 0. The molecule has 4 aliphatic heterocycles. The maximum absolute atomic E-state index is 8.90. The van der Waals surface area contributed by atoms with E-state index >= 15 is 0 Å². The van der Waals surface area contributed by atoms with E-state index in [2.05, 4.69) is 171 Å². The minimum Gasteiger partial charge on any atom is -0.358 e. The Morgan fingerprint density at radius 2 is 0.803 bits per heavy atom. The number of guanidine groups is 2. The molecule has 0 radical (unpaired) electrons. The molecule has 4 saturated heterocycles. The van der Waals surface area contributed by atoms with Gasteiger partial charge in [0.25, 0.3) is 0 Å². The Morgan fingerprint density at radius 1 is 0.465 bits per heavy atom. The average Bonchev–Trinajstić information content (AvgIpc) is 3.17. The summed E-state index contributed by atoms with van der Waals surface area (Å²) in [5.41, 5.74) is 0.676. The second-order valence-corrected chi connectivity index (χ2v) is 28.7. The Balaban J connectivity index is 1.44. The molecule has 0 aliphatic carbocycles. The van der Waals surface area contributed by atoms with Crippen LogP contribution in [-0.4, -0.2) is 141 Å². The minimum absolute atomic E-state index is 0.0129. The largest absolute Gasteiger partial charge is 0.358 e. The maximum Gasteiger partial charge on any atom is 0.230 e. The fourth-order valence-electron chi connectivity index (χ4n) is 14.9. The van der Waals surface area contributed by atoms with Gasteiger partial charge in [0.15, 0.2) is 0 Å². The zero-order valence-corrected chi connectivity index (χ0v) is 50.2. The fourth-order valence-corrected chi connectivity index (χ4v) is 14.9. The van der Waals surface area contributed by atoms with Crippen molar-refractivity contribution in [1.82, 2.24) is 46.6 Å². The third-order valence-corrected chi connectivity index (χ3v) is 16.2. The Morgan fingerprint density at radius 3 is 1.21 bits per heavy atom. The Bertz CT molecular complexity index is 1630. The SMILES string of the molecule is CCN(CCCCCCCCN(C(=N/C(=N)NC)/N=C(\C)N(CCCCCCCCNC1CC(C)(C)NC(C)(C)C1)C1CC(C)(C)NC(C)(C)C1)C1CC(C)(C)NC(C)(C)C1)C1CC(C)(C)NC(C)(C)C1. The highest BCUT2D eigenvalue weighted by molar-refractivity contribution is 6.00. The predicted molar refractivity (Wildman–Crippen MR) is 309 cm³/mol. The quantitative estimate of drug-likeness (QED) is 0.0304. The van der Waals surface area contributed by atoms with E-state index in [4.69, 9.17) is 15.4 Å². The van der Waals surface area contributed by atoms with Crippen LogP contribution in [0.2, 0.25) is 0 Å². The zero-order chi connectivity index (χ0) is 53.1. The van der Waals surface area contributed by atoms with Crippen molar-refractivity contribution in [1.29, 1.82) is 5.41 Å². The number of unbranched alkanes of at least 4 members (excludes halogenated alkanes) is 10. The topological polar surface area (TPSA) is 130 Å². The molecule has 0 aromatic rings. The second kappa shape index (κ2) is 25.8. The number of nitrogens with one attached hydrogen (secondary N) is 7. The number of aliphatic imine (C=N–C) groups is 2. The summed E-state index contributed by atoms with van der Waals surface area (Å²) < 4.78 is 0. The Kier molecular flexibility index (Phi) is 22.4. The van der Waals surface area contributed by atoms with Crippen LogP contribution in [0.15, 0.2) is 9.98 Å². The second-order valence-electron chi connectivity index (χ2n) is 28.7. The van der Waals surface area contributed by atoms with Crippen LogP contribution >= 0.6 is 0 Å². The highest BCUT2D eigenvalue weighted by atomic mass is 15.4. The van der Waals surface area contributed by atoms with Gasteiger partial charge in [0, 0.05) is 88.6 Å². The van der Waals surface area contributed by atoms with Crippen molar-refractivity contribution in [2.45, 2.75) is 322 Å². The van der Waals surface area contributed by atoms with Crippen LogP contribution in [0.1, 0.15) is 253 Å². The molecule has 4 aliphatic rings. The monoisotopic (exact) mass is 995 g/mol. The molecule has 4 rings (SSSR count). The summed E-state index contributed by atoms with van der Waals surface area (Å²) in [6.45, 7) is 47.7. The van der Waals surface area contributed by atoms with Gasteiger partial charge < -0.3 is 46.6 Å². The molecule has 7 N–H and O–H groups in total. The Hall–Kier alpha value is -1.83. The highest BCUT2D eigenvalue weighted by Gasteiger charge is 2.44. The van der Waals surface area contributed by atoms with Crippen LogP contribution in [0.3, 0.4) is 0 Å². The van der Waals surface area contributed by atoms with Crippen molar-refractivity contribution in [2.24, 2.45) is 9.98 Å². The summed E-state index contributed by atoms with van der Waals surface area (Å²) in [6.07, 6.45) is 23.8. The number of hydrogen-bond donors (Lipinski definition) is 7. The van der Waals surface area contributed by atoms with Crippen LogP contribution < -0.4 is 31.9 Å². The summed E-state index contributed by atoms with van der Waals surface area (Å²) in [7, 11) is 1.81. The van der Waals surface area contributed by atoms with E-state index < -0.39 is 0 Å². The van der Waals surface area contributed by atoms with E-state index in [0.29, 0.717) is 24.1 Å². The standard InChI is InChI=1S/C59H118N12/c1-20-69(47-39-54(7,8)66-55(9,10)40-47)34-30-26-23-24-28-32-36-71(49-43-58(15,16)68-59(17,18)44-49)51(64-50(60)61-19)63-45(2)70(48-41-56(11,12)67-57(13,14)42-48)35-31-27-22-21-25-29-33-62-46-37-52(3,4)65-53(5,6)38-46/h46-49,62,65-68H,20-44H2,1-19H3,(H2,60,61)/b63-45+,64-51+. The molecule has 0 aromatic heterocycles. The van der Waals surface area contributed by atoms with Crippen molar-refractivity contribution in [3.63, 3.8) is 0 Å². The molecule has 12 nitrogen and oxygen atoms in total. The lowest BCUT2D eigenvalue weighted by atomic mass is 9.79. The van der Waals surface area contributed by atoms with Crippen molar-refractivity contribution in [2.75, 3.05) is 39.8 Å². The van der Waals surface area contributed by atoms with Gasteiger partial charge in [-0.1, -0.05) is 58.3 Å². The lowest BCUT2D eigenvalue weighted by Gasteiger charge is -2.50. The van der Waals surface area contributed by atoms with Gasteiger partial charge in [0.1, 0.15) is 5.84 Å². The lowest BCUT2D eigenvalue weighted by Crippen LogP contribution is -2.63. The third kappa shape index (κ3) is 21.7. The first kappa shape index (κ1) is 61.7. The van der Waals surface area contributed by atoms with Gasteiger partial charge in [-0.25, -0.2) is 4.99 Å². The van der Waals surface area contributed by atoms with Gasteiger partial charge in [0.05, 0.1) is 0 Å². The first-order valence-electron chi connectivity index (χ1n) is 29.3. The van der Waals surface area contributed by atoms with Crippen LogP contribution in [-0.2, 0) is 0 Å². The van der Waals surface area contributed by atoms with E-state index in [0.717, 1.165) is 70.5 Å². The summed E-state index contributed by atoms with van der Waals surface area (Å²) in [5.74, 6) is 1.91. The van der Waals surface area contributed by atoms with E-state index in [-0.39, 0.29) is 56.3 Å². The molecule has 0 bridgehead atoms. The molecule has 4 fully saturated rings. The first-order valence-corrected chi connectivity index (χ1v) is 29.3. The zero-order valence-electron chi connectivity index (χ0n) is 50.2. The van der Waals surface area contributed by atoms with Gasteiger partial charge in [-0.2, -0.15) is 4.99 Å². The summed E-state index contributed by atoms with van der Waals surface area (Å²) in [5, 5.41) is 31.5. The van der Waals surface area contributed by atoms with Crippen molar-refractivity contribution < 1.29 is 0 Å². The van der Waals surface area contributed by atoms with Gasteiger partial charge in [-0.05, 0) is 214 Å². The van der Waals surface area contributed by atoms with E-state index in [9.17, 15) is 0 Å². The molecule has 0 aromatic carbocycles. The Labute approximate surface area is 439 Å². The van der Waals surface area contributed by atoms with E-state index in [1.807, 2.05) is 7.05 Å². The van der Waals surface area contributed by atoms with Crippen LogP contribution in [0.25, 0.3) is 0 Å². The minimum atomic E-state index is -0.0343. The fraction of sp³-hybridized carbons (Fsp3) is 0.949. The van der Waals surface area contributed by atoms with Crippen LogP contribution in [0.4, 0.5) is 0 Å². The van der Waals surface area contributed by atoms with Crippen LogP contribution in [0, 0.1) is 5.41 Å². The molecule has 0 spiro atoms. The van der Waals surface area contributed by atoms with Gasteiger partial charge in [-0.15, -0.1) is 0 Å². The third-order valence-electron chi connectivity index (χ3n) is 16.2. The number of hydrogen-bond acceptors (Lipinski definition) is 7. The number of rotatable bonds is 23. The maximum atomic E-state index is 8.90. The van der Waals surface area contributed by atoms with Crippen LogP contribution in [0.5, 0.6) is 0 Å². The highest BCUT2D eigenvalue weighted by Crippen LogP contribution is 2.36. The smallest absolute Gasteiger partial charge is 0.230 e. The molecular formula is C59H118N12. The molecule has 0 amide bonds. The molecular weight excluding hydrogens is 877 g/mol. The van der Waals surface area contributed by atoms with Crippen molar-refractivity contribution >= 4 is 17.8 Å². The van der Waals surface area contributed by atoms with Gasteiger partial charge in [-0.3, -0.25) is 5.41 Å². The molecule has 414 valence electrons. The number of amidine groups is 1. The average molecular weight is 996 g/mol. The van der Waals surface area contributed by atoms with Gasteiger partial charge in [0.2, 0.25) is 11.9 Å². The molecule has 4 heterocycles. The number of nitrogens with zero attached hydrogens (tertiary/aromatic N) is 5. The molecule has 0 saturated carbocycles.